The van der Waals surface area contributed by atoms with Gasteiger partial charge in [0.25, 0.3) is 0 Å². The molecule has 1 fully saturated rings. The number of aliphatic hydroxyl groups excluding tert-OH is 3. The molecule has 1 aliphatic rings. The maximum Gasteiger partial charge on any atom is 0.229 e. The molecule has 1 saturated heterocycles. The third-order valence-corrected chi connectivity index (χ3v) is 3.10. The first-order valence-electron chi connectivity index (χ1n) is 6.44. The average molecular weight is 317 g/mol. The summed E-state index contributed by atoms with van der Waals surface area (Å²) in [5.41, 5.74) is 0. The lowest BCUT2D eigenvalue weighted by Crippen LogP contribution is -2.58. The zero-order valence-electron chi connectivity index (χ0n) is 12.2. The Morgan fingerprint density at radius 2 is 1.95 bits per heavy atom. The summed E-state index contributed by atoms with van der Waals surface area (Å²) in [5, 5.41) is 31.9. The molecule has 0 spiro atoms. The number of aliphatic hydroxyl groups is 3. The van der Waals surface area contributed by atoms with E-state index in [2.05, 4.69) is 11.8 Å². The second-order valence-electron chi connectivity index (χ2n) is 4.60. The van der Waals surface area contributed by atoms with Gasteiger partial charge in [-0.25, -0.2) is 0 Å². The van der Waals surface area contributed by atoms with Crippen molar-refractivity contribution in [1.29, 1.82) is 0 Å². The van der Waals surface area contributed by atoms with Gasteiger partial charge in [-0.05, 0) is 6.08 Å². The van der Waals surface area contributed by atoms with E-state index < -0.39 is 43.0 Å². The lowest BCUT2D eigenvalue weighted by molar-refractivity contribution is -0.283. The second kappa shape index (κ2) is 7.99. The molecular weight excluding hydrogens is 298 g/mol. The molecule has 0 aromatic heterocycles. The Morgan fingerprint density at radius 3 is 2.41 bits per heavy atom. The number of methoxy groups -OCH3 is 1. The second-order valence-corrected chi connectivity index (χ2v) is 4.60. The summed E-state index contributed by atoms with van der Waals surface area (Å²) >= 11 is 0. The Labute approximate surface area is 126 Å². The minimum Gasteiger partial charge on any atom is -0.490 e. The number of carbonyl (C=O) groups is 1. The molecule has 0 aliphatic carbocycles. The normalized spacial score (nSPS) is 32.7. The van der Waals surface area contributed by atoms with Crippen LogP contribution in [0.4, 0.5) is 0 Å². The van der Waals surface area contributed by atoms with Crippen molar-refractivity contribution in [3.8, 4) is 0 Å². The molecular formula is C13H19NO8. The highest BCUT2D eigenvalue weighted by atomic mass is 16.7. The van der Waals surface area contributed by atoms with Gasteiger partial charge in [-0.2, -0.15) is 4.91 Å². The van der Waals surface area contributed by atoms with Crippen LogP contribution in [-0.2, 0) is 19.0 Å². The van der Waals surface area contributed by atoms with Crippen LogP contribution in [0.1, 0.15) is 6.92 Å². The Morgan fingerprint density at radius 1 is 1.32 bits per heavy atom. The molecule has 9 nitrogen and oxygen atoms in total. The van der Waals surface area contributed by atoms with Crippen LogP contribution in [0, 0.1) is 4.91 Å². The van der Waals surface area contributed by atoms with Gasteiger partial charge in [-0.1, -0.05) is 11.8 Å². The summed E-state index contributed by atoms with van der Waals surface area (Å²) in [7, 11) is 1.25. The average Bonchev–Trinajstić information content (AvgIpc) is 2.48. The van der Waals surface area contributed by atoms with Crippen molar-refractivity contribution in [2.75, 3.05) is 13.7 Å². The zero-order valence-corrected chi connectivity index (χ0v) is 12.2. The predicted octanol–water partition coefficient (Wildman–Crippen LogP) is -0.790. The van der Waals surface area contributed by atoms with Gasteiger partial charge in [-0.3, -0.25) is 4.79 Å². The Kier molecular flexibility index (Phi) is 6.62. The van der Waals surface area contributed by atoms with Crippen LogP contribution < -0.4 is 0 Å². The molecule has 0 aromatic carbocycles. The van der Waals surface area contributed by atoms with Crippen LogP contribution in [0.15, 0.2) is 29.4 Å². The number of allylic oxidation sites excluding steroid dienone is 2. The predicted molar refractivity (Wildman–Crippen MR) is 73.3 cm³/mol. The standard InChI is InChI=1S/C13H19NO8/c1-4-7(12(20-3)6(2)15)21-13-11(18)10(17)9(16)8(22-13)5-14-19/h4,8-11,13,16-18H,1,5H2,2-3H3/b12-7+/t8?,9?,10?,11?,13-/m0/s1. The van der Waals surface area contributed by atoms with Crippen molar-refractivity contribution >= 4 is 5.78 Å². The Bertz CT molecular complexity index is 463. The fourth-order valence-corrected chi connectivity index (χ4v) is 1.98. The Hall–Kier alpha value is -1.81. The summed E-state index contributed by atoms with van der Waals surface area (Å²) in [6, 6.07) is 0. The topological polar surface area (TPSA) is 135 Å². The van der Waals surface area contributed by atoms with Gasteiger partial charge in [0.1, 0.15) is 31.0 Å². The van der Waals surface area contributed by atoms with E-state index in [1.807, 2.05) is 0 Å². The van der Waals surface area contributed by atoms with Crippen LogP contribution in [0.3, 0.4) is 0 Å². The van der Waals surface area contributed by atoms with E-state index in [1.54, 1.807) is 0 Å². The molecule has 0 bridgehead atoms. The van der Waals surface area contributed by atoms with Crippen LogP contribution in [0.2, 0.25) is 0 Å². The highest BCUT2D eigenvalue weighted by Gasteiger charge is 2.45. The van der Waals surface area contributed by atoms with Crippen molar-refractivity contribution in [2.24, 2.45) is 5.18 Å². The largest absolute Gasteiger partial charge is 0.490 e. The first-order chi connectivity index (χ1) is 10.4. The van der Waals surface area contributed by atoms with E-state index in [-0.39, 0.29) is 11.5 Å². The summed E-state index contributed by atoms with van der Waals surface area (Å²) in [4.78, 5) is 21.7. The van der Waals surface area contributed by atoms with E-state index in [4.69, 9.17) is 14.2 Å². The summed E-state index contributed by atoms with van der Waals surface area (Å²) in [5.74, 6) is -0.716. The molecule has 124 valence electrons. The number of rotatable bonds is 7. The maximum atomic E-state index is 11.4. The number of ketones is 1. The fraction of sp³-hybridized carbons (Fsp3) is 0.615. The molecule has 0 radical (unpaired) electrons. The molecule has 3 N–H and O–H groups in total. The molecule has 4 unspecified atom stereocenters. The number of hydrogen-bond donors (Lipinski definition) is 3. The summed E-state index contributed by atoms with van der Waals surface area (Å²) < 4.78 is 15.4. The van der Waals surface area contributed by atoms with Crippen LogP contribution in [0.25, 0.3) is 0 Å². The van der Waals surface area contributed by atoms with E-state index in [0.29, 0.717) is 0 Å². The molecule has 22 heavy (non-hydrogen) atoms. The number of nitroso groups, excluding NO2 is 1. The number of hydrogen-bond acceptors (Lipinski definition) is 9. The van der Waals surface area contributed by atoms with Gasteiger partial charge in [0.2, 0.25) is 12.0 Å². The van der Waals surface area contributed by atoms with Crippen molar-refractivity contribution in [1.82, 2.24) is 0 Å². The van der Waals surface area contributed by atoms with Crippen molar-refractivity contribution in [2.45, 2.75) is 37.6 Å². The van der Waals surface area contributed by atoms with Gasteiger partial charge in [0.15, 0.2) is 11.5 Å². The monoisotopic (exact) mass is 317 g/mol. The third-order valence-electron chi connectivity index (χ3n) is 3.10. The first kappa shape index (κ1) is 18.2. The van der Waals surface area contributed by atoms with Gasteiger partial charge in [0.05, 0.1) is 7.11 Å². The number of nitrogens with zero attached hydrogens (tertiary/aromatic N) is 1. The summed E-state index contributed by atoms with van der Waals surface area (Å²) in [6.07, 6.45) is -6.16. The quantitative estimate of drug-likeness (QED) is 0.241. The van der Waals surface area contributed by atoms with Gasteiger partial charge in [0, 0.05) is 6.92 Å². The molecule has 9 heteroatoms. The molecule has 0 aromatic rings. The molecule has 0 amide bonds. The van der Waals surface area contributed by atoms with E-state index >= 15 is 0 Å². The van der Waals surface area contributed by atoms with E-state index in [0.717, 1.165) is 0 Å². The first-order valence-corrected chi connectivity index (χ1v) is 6.44. The maximum absolute atomic E-state index is 11.4. The lowest BCUT2D eigenvalue weighted by atomic mass is 9.99. The molecule has 1 heterocycles. The highest BCUT2D eigenvalue weighted by Crippen LogP contribution is 2.25. The van der Waals surface area contributed by atoms with Gasteiger partial charge < -0.3 is 29.5 Å². The highest BCUT2D eigenvalue weighted by molar-refractivity contribution is 5.92. The van der Waals surface area contributed by atoms with Gasteiger partial charge in [-0.15, -0.1) is 0 Å². The zero-order chi connectivity index (χ0) is 16.9. The minimum atomic E-state index is -1.61. The van der Waals surface area contributed by atoms with E-state index in [1.165, 1.54) is 20.1 Å². The lowest BCUT2D eigenvalue weighted by Gasteiger charge is -2.39. The molecule has 5 atom stereocenters. The van der Waals surface area contributed by atoms with E-state index in [9.17, 15) is 25.0 Å². The van der Waals surface area contributed by atoms with Gasteiger partial charge >= 0.3 is 0 Å². The molecule has 1 aliphatic heterocycles. The molecule has 1 rings (SSSR count). The third kappa shape index (κ3) is 3.89. The van der Waals surface area contributed by atoms with Crippen molar-refractivity contribution in [3.05, 3.63) is 29.1 Å². The Balaban J connectivity index is 3.00. The smallest absolute Gasteiger partial charge is 0.229 e. The number of carbonyl (C=O) groups excluding carboxylic acids is 1. The summed E-state index contributed by atoms with van der Waals surface area (Å²) in [6.45, 7) is 4.25. The fourth-order valence-electron chi connectivity index (χ4n) is 1.98. The van der Waals surface area contributed by atoms with Crippen molar-refractivity contribution in [3.63, 3.8) is 0 Å². The van der Waals surface area contributed by atoms with Crippen LogP contribution >= 0.6 is 0 Å². The van der Waals surface area contributed by atoms with Crippen LogP contribution in [0.5, 0.6) is 0 Å². The number of Topliss-reactive ketones (excluding diaryl/α,β-unsaturated/α-hetero) is 1. The number of ether oxygens (including phenoxy) is 3. The SMILES string of the molecule is C=C/C(O[C@H]1OC(CN=O)C(O)C(O)C1O)=C(\OC)C(C)=O. The van der Waals surface area contributed by atoms with Crippen LogP contribution in [-0.4, -0.2) is 65.5 Å². The minimum absolute atomic E-state index is 0.111. The molecule has 0 saturated carbocycles. The van der Waals surface area contributed by atoms with Crippen molar-refractivity contribution < 1.29 is 34.3 Å².